The number of aliphatic hydroxyl groups excluding tert-OH is 1. The fourth-order valence-corrected chi connectivity index (χ4v) is 6.72. The van der Waals surface area contributed by atoms with E-state index in [-0.39, 0.29) is 29.1 Å². The number of rotatable bonds is 12. The monoisotopic (exact) mass is 580 g/mol. The molecule has 41 heavy (non-hydrogen) atoms. The van der Waals surface area contributed by atoms with Gasteiger partial charge in [-0.05, 0) is 85.6 Å². The van der Waals surface area contributed by atoms with Crippen molar-refractivity contribution in [1.82, 2.24) is 9.62 Å². The van der Waals surface area contributed by atoms with Crippen LogP contribution in [0.2, 0.25) is 0 Å². The van der Waals surface area contributed by atoms with Gasteiger partial charge >= 0.3 is 5.97 Å². The molecule has 1 aliphatic carbocycles. The molecule has 1 aliphatic rings. The Morgan fingerprint density at radius 2 is 1.73 bits per heavy atom. The SMILES string of the molecule is CN(C[C@H](O)CNC(C)(C)CC1Cc2ccccc2C1)S(=O)(=O)c1cccc(-c2ccc(/C=C/C(=O)O)c(F)c2)c1. The number of halogens is 1. The maximum absolute atomic E-state index is 14.5. The summed E-state index contributed by atoms with van der Waals surface area (Å²) in [5.74, 6) is -1.29. The molecule has 0 heterocycles. The molecule has 0 bridgehead atoms. The zero-order valence-corrected chi connectivity index (χ0v) is 24.4. The van der Waals surface area contributed by atoms with Gasteiger partial charge < -0.3 is 15.5 Å². The summed E-state index contributed by atoms with van der Waals surface area (Å²) >= 11 is 0. The topological polar surface area (TPSA) is 107 Å². The number of aliphatic carboxylic acids is 1. The van der Waals surface area contributed by atoms with Gasteiger partial charge in [0.05, 0.1) is 11.0 Å². The summed E-state index contributed by atoms with van der Waals surface area (Å²) in [6.45, 7) is 4.36. The van der Waals surface area contributed by atoms with E-state index in [1.807, 2.05) is 0 Å². The average Bonchev–Trinajstić information content (AvgIpc) is 3.32. The number of nitrogens with zero attached hydrogens (tertiary/aromatic N) is 1. The second-order valence-electron chi connectivity index (χ2n) is 11.4. The van der Waals surface area contributed by atoms with Crippen LogP contribution >= 0.6 is 0 Å². The number of nitrogens with one attached hydrogen (secondary N) is 1. The summed E-state index contributed by atoms with van der Waals surface area (Å²) in [6.07, 6.45) is 4.11. The molecule has 0 spiro atoms. The van der Waals surface area contributed by atoms with Crippen LogP contribution < -0.4 is 5.32 Å². The van der Waals surface area contributed by atoms with E-state index in [9.17, 15) is 22.7 Å². The third-order valence-electron chi connectivity index (χ3n) is 7.50. The molecule has 4 rings (SSSR count). The summed E-state index contributed by atoms with van der Waals surface area (Å²) in [5, 5.41) is 22.9. The molecule has 3 aromatic rings. The van der Waals surface area contributed by atoms with Gasteiger partial charge in [0.2, 0.25) is 10.0 Å². The van der Waals surface area contributed by atoms with Crippen LogP contribution in [0.25, 0.3) is 17.2 Å². The summed E-state index contributed by atoms with van der Waals surface area (Å²) in [5.41, 5.74) is 3.63. The van der Waals surface area contributed by atoms with E-state index in [0.717, 1.165) is 35.7 Å². The van der Waals surface area contributed by atoms with Gasteiger partial charge in [-0.25, -0.2) is 17.6 Å². The number of aliphatic hydroxyl groups is 1. The highest BCUT2D eigenvalue weighted by molar-refractivity contribution is 7.89. The van der Waals surface area contributed by atoms with Gasteiger partial charge in [0.1, 0.15) is 5.82 Å². The van der Waals surface area contributed by atoms with Gasteiger partial charge in [-0.15, -0.1) is 0 Å². The Morgan fingerprint density at radius 3 is 2.37 bits per heavy atom. The number of benzene rings is 3. The smallest absolute Gasteiger partial charge is 0.328 e. The lowest BCUT2D eigenvalue weighted by Gasteiger charge is -2.31. The van der Waals surface area contributed by atoms with Crippen LogP contribution in [0.3, 0.4) is 0 Å². The van der Waals surface area contributed by atoms with Crippen molar-refractivity contribution in [3.8, 4) is 11.1 Å². The third-order valence-corrected chi connectivity index (χ3v) is 9.32. The standard InChI is InChI=1S/C32H37FN2O5S/c1-32(2,19-22-15-24-7-4-5-8-25(24)16-22)34-20-28(36)21-35(3)41(39,40)29-10-6-9-26(17-29)27-12-11-23(30(33)18-27)13-14-31(37)38/h4-14,17-18,22,28,34,36H,15-16,19-21H2,1-3H3,(H,37,38)/b14-13+/t28-/m1/s1. The Morgan fingerprint density at radius 1 is 1.07 bits per heavy atom. The number of carboxylic acid groups (broad SMARTS) is 1. The molecule has 3 N–H and O–H groups in total. The predicted octanol–water partition coefficient (Wildman–Crippen LogP) is 4.75. The highest BCUT2D eigenvalue weighted by Gasteiger charge is 2.29. The second kappa shape index (κ2) is 12.7. The van der Waals surface area contributed by atoms with Gasteiger partial charge in [-0.3, -0.25) is 0 Å². The molecule has 0 amide bonds. The minimum atomic E-state index is -3.93. The summed E-state index contributed by atoms with van der Waals surface area (Å²) < 4.78 is 42.3. The highest BCUT2D eigenvalue weighted by Crippen LogP contribution is 2.32. The van der Waals surface area contributed by atoms with E-state index in [0.29, 0.717) is 17.0 Å². The molecule has 0 aliphatic heterocycles. The Bertz CT molecular complexity index is 1510. The molecule has 1 atom stereocenters. The molecular formula is C32H37FN2O5S. The van der Waals surface area contributed by atoms with Gasteiger partial charge in [0.15, 0.2) is 0 Å². The molecule has 7 nitrogen and oxygen atoms in total. The Kier molecular flexibility index (Phi) is 9.44. The number of likely N-dealkylation sites (N-methyl/N-ethyl adjacent to an activating group) is 1. The molecule has 3 aromatic carbocycles. The Labute approximate surface area is 241 Å². The first-order valence-electron chi connectivity index (χ1n) is 13.6. The number of β-amino-alcohol motifs (C(OH)–C–C–N with tert-alkyl or cyclic N) is 1. The largest absolute Gasteiger partial charge is 0.478 e. The fourth-order valence-electron chi connectivity index (χ4n) is 5.46. The van der Waals surface area contributed by atoms with Crippen LogP contribution in [0.15, 0.2) is 77.7 Å². The molecule has 0 saturated heterocycles. The molecule has 0 fully saturated rings. The molecule has 9 heteroatoms. The molecule has 0 unspecified atom stereocenters. The quantitative estimate of drug-likeness (QED) is 0.267. The lowest BCUT2D eigenvalue weighted by Crippen LogP contribution is -2.47. The first-order chi connectivity index (χ1) is 19.3. The Balaban J connectivity index is 1.35. The zero-order chi connectivity index (χ0) is 29.8. The summed E-state index contributed by atoms with van der Waals surface area (Å²) in [7, 11) is -2.50. The van der Waals surface area contributed by atoms with Crippen molar-refractivity contribution in [2.24, 2.45) is 5.92 Å². The maximum Gasteiger partial charge on any atom is 0.328 e. The predicted molar refractivity (Wildman–Crippen MR) is 158 cm³/mol. The van der Waals surface area contributed by atoms with Crippen molar-refractivity contribution in [3.63, 3.8) is 0 Å². The number of hydrogen-bond donors (Lipinski definition) is 3. The van der Waals surface area contributed by atoms with E-state index in [4.69, 9.17) is 5.11 Å². The van der Waals surface area contributed by atoms with Crippen molar-refractivity contribution in [2.75, 3.05) is 20.1 Å². The van der Waals surface area contributed by atoms with Crippen molar-refractivity contribution >= 4 is 22.1 Å². The third kappa shape index (κ3) is 7.89. The molecule has 0 saturated carbocycles. The van der Waals surface area contributed by atoms with E-state index in [1.165, 1.54) is 42.4 Å². The zero-order valence-electron chi connectivity index (χ0n) is 23.5. The number of hydrogen-bond acceptors (Lipinski definition) is 5. The van der Waals surface area contributed by atoms with Gasteiger partial charge in [-0.2, -0.15) is 4.31 Å². The summed E-state index contributed by atoms with van der Waals surface area (Å²) in [4.78, 5) is 10.7. The van der Waals surface area contributed by atoms with Crippen LogP contribution in [0.5, 0.6) is 0 Å². The highest BCUT2D eigenvalue weighted by atomic mass is 32.2. The molecule has 0 aromatic heterocycles. The van der Waals surface area contributed by atoms with Crippen molar-refractivity contribution in [2.45, 2.75) is 49.6 Å². The van der Waals surface area contributed by atoms with Gasteiger partial charge in [0.25, 0.3) is 0 Å². The van der Waals surface area contributed by atoms with E-state index in [2.05, 4.69) is 43.4 Å². The number of carboxylic acids is 1. The van der Waals surface area contributed by atoms with Crippen LogP contribution in [-0.2, 0) is 27.7 Å². The lowest BCUT2D eigenvalue weighted by atomic mass is 9.88. The number of fused-ring (bicyclic) bond motifs is 1. The maximum atomic E-state index is 14.5. The van der Waals surface area contributed by atoms with E-state index in [1.54, 1.807) is 18.2 Å². The Hall–Kier alpha value is -3.37. The summed E-state index contributed by atoms with van der Waals surface area (Å²) in [6, 6.07) is 19.0. The number of carbonyl (C=O) groups is 1. The van der Waals surface area contributed by atoms with Crippen molar-refractivity contribution in [1.29, 1.82) is 0 Å². The van der Waals surface area contributed by atoms with Crippen LogP contribution in [-0.4, -0.2) is 60.7 Å². The first-order valence-corrected chi connectivity index (χ1v) is 15.1. The van der Waals surface area contributed by atoms with Crippen molar-refractivity contribution < 1.29 is 27.8 Å². The van der Waals surface area contributed by atoms with Gasteiger partial charge in [0, 0.05) is 37.3 Å². The van der Waals surface area contributed by atoms with E-state index < -0.39 is 27.9 Å². The van der Waals surface area contributed by atoms with Crippen molar-refractivity contribution in [3.05, 3.63) is 95.3 Å². The molecular weight excluding hydrogens is 543 g/mol. The van der Waals surface area contributed by atoms with Gasteiger partial charge in [-0.1, -0.05) is 48.5 Å². The molecule has 218 valence electrons. The second-order valence-corrected chi connectivity index (χ2v) is 13.4. The fraction of sp³-hybridized carbons (Fsp3) is 0.344. The minimum absolute atomic E-state index is 0.0223. The minimum Gasteiger partial charge on any atom is -0.478 e. The normalized spacial score (nSPS) is 15.0. The van der Waals surface area contributed by atoms with Crippen LogP contribution in [0, 0.1) is 11.7 Å². The van der Waals surface area contributed by atoms with Crippen LogP contribution in [0.1, 0.15) is 37.0 Å². The lowest BCUT2D eigenvalue weighted by molar-refractivity contribution is -0.131. The first kappa shape index (κ1) is 30.6. The van der Waals surface area contributed by atoms with E-state index >= 15 is 0 Å². The van der Waals surface area contributed by atoms with Crippen LogP contribution in [0.4, 0.5) is 4.39 Å². The molecule has 0 radical (unpaired) electrons. The average molecular weight is 581 g/mol. The number of sulfonamides is 1.